The van der Waals surface area contributed by atoms with Crippen LogP contribution in [-0.4, -0.2) is 31.2 Å². The largest absolute Gasteiger partial charge is 0.491 e. The number of ketones is 1. The number of allylic oxidation sites excluding steroid dienone is 7. The van der Waals surface area contributed by atoms with E-state index in [-0.39, 0.29) is 23.4 Å². The second kappa shape index (κ2) is 11.9. The zero-order valence-corrected chi connectivity index (χ0v) is 18.8. The number of aliphatic hydroxyl groups is 1. The monoisotopic (exact) mass is 389 g/mol. The van der Waals surface area contributed by atoms with Crippen LogP contribution in [0.15, 0.2) is 46.4 Å². The van der Waals surface area contributed by atoms with E-state index in [1.54, 1.807) is 7.05 Å². The van der Waals surface area contributed by atoms with Gasteiger partial charge in [-0.2, -0.15) is 0 Å². The minimum Gasteiger partial charge on any atom is -0.491 e. The molecule has 1 aliphatic rings. The summed E-state index contributed by atoms with van der Waals surface area (Å²) in [4.78, 5) is 12.5. The average molecular weight is 390 g/mol. The summed E-state index contributed by atoms with van der Waals surface area (Å²) in [6, 6.07) is 0. The zero-order chi connectivity index (χ0) is 21.3. The Morgan fingerprint density at radius 2 is 1.64 bits per heavy atom. The van der Waals surface area contributed by atoms with Crippen molar-refractivity contribution in [2.45, 2.75) is 72.8 Å². The van der Waals surface area contributed by atoms with E-state index in [1.165, 1.54) is 23.8 Å². The Morgan fingerprint density at radius 1 is 1.07 bits per heavy atom. The topological polar surface area (TPSA) is 58.6 Å². The van der Waals surface area contributed by atoms with Crippen molar-refractivity contribution in [2.24, 2.45) is 11.8 Å². The van der Waals surface area contributed by atoms with Crippen molar-refractivity contribution in [3.05, 3.63) is 46.4 Å². The van der Waals surface area contributed by atoms with Crippen molar-refractivity contribution < 1.29 is 14.6 Å². The Labute approximate surface area is 171 Å². The first-order chi connectivity index (χ1) is 13.2. The molecule has 0 aromatic rings. The maximum absolute atomic E-state index is 12.5. The number of nitrogens with one attached hydrogen (secondary N) is 1. The lowest BCUT2D eigenvalue weighted by Gasteiger charge is -2.34. The van der Waals surface area contributed by atoms with Crippen LogP contribution in [0, 0.1) is 11.8 Å². The average Bonchev–Trinajstić information content (AvgIpc) is 2.64. The number of methoxy groups -OCH3 is 1. The van der Waals surface area contributed by atoms with Crippen molar-refractivity contribution >= 4 is 5.78 Å². The Hall–Kier alpha value is -1.81. The molecular formula is C24H39NO3. The van der Waals surface area contributed by atoms with Gasteiger partial charge in [-0.25, -0.2) is 0 Å². The van der Waals surface area contributed by atoms with E-state index in [0.717, 1.165) is 25.7 Å². The molecule has 1 aliphatic carbocycles. The Balaban J connectivity index is 2.64. The second-order valence-electron chi connectivity index (χ2n) is 8.15. The predicted octanol–water partition coefficient (Wildman–Crippen LogP) is 5.07. The third-order valence-corrected chi connectivity index (χ3v) is 5.56. The molecule has 0 spiro atoms. The van der Waals surface area contributed by atoms with Crippen molar-refractivity contribution in [1.82, 2.24) is 5.32 Å². The van der Waals surface area contributed by atoms with E-state index in [1.807, 2.05) is 6.92 Å². The lowest BCUT2D eigenvalue weighted by atomic mass is 9.76. The van der Waals surface area contributed by atoms with Gasteiger partial charge in [0.1, 0.15) is 6.10 Å². The van der Waals surface area contributed by atoms with Gasteiger partial charge in [-0.1, -0.05) is 41.9 Å². The van der Waals surface area contributed by atoms with Gasteiger partial charge in [0.05, 0.1) is 12.8 Å². The van der Waals surface area contributed by atoms with E-state index in [9.17, 15) is 9.90 Å². The molecule has 28 heavy (non-hydrogen) atoms. The zero-order valence-electron chi connectivity index (χ0n) is 18.8. The van der Waals surface area contributed by atoms with Gasteiger partial charge in [0.2, 0.25) is 5.78 Å². The molecule has 0 aliphatic heterocycles. The molecule has 158 valence electrons. The number of ether oxygens (including phenoxy) is 1. The van der Waals surface area contributed by atoms with Crippen LogP contribution < -0.4 is 5.32 Å². The summed E-state index contributed by atoms with van der Waals surface area (Å²) in [5.41, 5.74) is 4.60. The summed E-state index contributed by atoms with van der Waals surface area (Å²) in [6.45, 7) is 10.5. The molecular weight excluding hydrogens is 350 g/mol. The number of carbonyl (C=O) groups is 1. The molecule has 4 heteroatoms. The number of rotatable bonds is 10. The highest BCUT2D eigenvalue weighted by molar-refractivity contribution is 5.97. The van der Waals surface area contributed by atoms with Crippen LogP contribution in [0.4, 0.5) is 0 Å². The van der Waals surface area contributed by atoms with E-state index < -0.39 is 6.10 Å². The number of carbonyl (C=O) groups excluding carboxylic acids is 1. The summed E-state index contributed by atoms with van der Waals surface area (Å²) in [6.07, 6.45) is 11.0. The molecule has 0 saturated heterocycles. The minimum atomic E-state index is -0.714. The summed E-state index contributed by atoms with van der Waals surface area (Å²) < 4.78 is 5.22. The molecule has 0 amide bonds. The first kappa shape index (κ1) is 24.2. The standard InChI is InChI=1S/C24H39NO3/c1-16(2)10-8-11-17(3)12-9-13-18(4)14-15-20-19(5)22(26)24(28-7)21(25-6)23(20)27/h10,12,14,19-20,23,25,27H,8-9,11,13,15H2,1-7H3/b17-12+,18-14+/t19-,20-,23-/m0/s1. The molecule has 0 aromatic heterocycles. The van der Waals surface area contributed by atoms with Gasteiger partial charge < -0.3 is 15.2 Å². The Bertz CT molecular complexity index is 651. The van der Waals surface area contributed by atoms with Crippen molar-refractivity contribution in [2.75, 3.05) is 14.2 Å². The fourth-order valence-electron chi connectivity index (χ4n) is 3.64. The third kappa shape index (κ3) is 6.97. The van der Waals surface area contributed by atoms with E-state index >= 15 is 0 Å². The van der Waals surface area contributed by atoms with Gasteiger partial charge in [-0.3, -0.25) is 4.79 Å². The van der Waals surface area contributed by atoms with Gasteiger partial charge in [0.25, 0.3) is 0 Å². The van der Waals surface area contributed by atoms with Crippen LogP contribution in [0.2, 0.25) is 0 Å². The smallest absolute Gasteiger partial charge is 0.202 e. The number of Topliss-reactive ketones (excluding diaryl/α,β-unsaturated/α-hetero) is 1. The third-order valence-electron chi connectivity index (χ3n) is 5.56. The van der Waals surface area contributed by atoms with Crippen LogP contribution in [0.5, 0.6) is 0 Å². The van der Waals surface area contributed by atoms with Crippen LogP contribution in [-0.2, 0) is 9.53 Å². The molecule has 0 saturated carbocycles. The van der Waals surface area contributed by atoms with Gasteiger partial charge in [0, 0.05) is 18.9 Å². The lowest BCUT2D eigenvalue weighted by Crippen LogP contribution is -2.43. The summed E-state index contributed by atoms with van der Waals surface area (Å²) in [7, 11) is 3.19. The predicted molar refractivity (Wildman–Crippen MR) is 117 cm³/mol. The number of hydrogen-bond donors (Lipinski definition) is 2. The highest BCUT2D eigenvalue weighted by Crippen LogP contribution is 2.34. The molecule has 2 N–H and O–H groups in total. The molecule has 0 heterocycles. The number of likely N-dealkylation sites (N-methyl/N-ethyl adjacent to an activating group) is 1. The molecule has 0 radical (unpaired) electrons. The maximum atomic E-state index is 12.5. The Kier molecular flexibility index (Phi) is 10.3. The fourth-order valence-corrected chi connectivity index (χ4v) is 3.64. The molecule has 0 unspecified atom stereocenters. The van der Waals surface area contributed by atoms with Crippen LogP contribution in [0.1, 0.15) is 66.7 Å². The van der Waals surface area contributed by atoms with Crippen LogP contribution in [0.25, 0.3) is 0 Å². The number of aliphatic hydroxyl groups excluding tert-OH is 1. The van der Waals surface area contributed by atoms with Crippen molar-refractivity contribution in [3.8, 4) is 0 Å². The molecule has 1 rings (SSSR count). The fraction of sp³-hybridized carbons (Fsp3) is 0.625. The highest BCUT2D eigenvalue weighted by atomic mass is 16.5. The lowest BCUT2D eigenvalue weighted by molar-refractivity contribution is -0.126. The van der Waals surface area contributed by atoms with Crippen molar-refractivity contribution in [1.29, 1.82) is 0 Å². The summed E-state index contributed by atoms with van der Waals surface area (Å²) in [5, 5.41) is 13.7. The second-order valence-corrected chi connectivity index (χ2v) is 8.15. The van der Waals surface area contributed by atoms with Gasteiger partial charge in [0.15, 0.2) is 5.76 Å². The minimum absolute atomic E-state index is 0.0388. The molecule has 4 nitrogen and oxygen atoms in total. The molecule has 3 atom stereocenters. The quantitative estimate of drug-likeness (QED) is 0.512. The van der Waals surface area contributed by atoms with Crippen LogP contribution >= 0.6 is 0 Å². The van der Waals surface area contributed by atoms with Gasteiger partial charge in [-0.15, -0.1) is 0 Å². The molecule has 0 bridgehead atoms. The summed E-state index contributed by atoms with van der Waals surface area (Å²) >= 11 is 0. The first-order valence-corrected chi connectivity index (χ1v) is 10.4. The van der Waals surface area contributed by atoms with Crippen molar-refractivity contribution in [3.63, 3.8) is 0 Å². The van der Waals surface area contributed by atoms with E-state index in [2.05, 4.69) is 51.2 Å². The maximum Gasteiger partial charge on any atom is 0.202 e. The first-order valence-electron chi connectivity index (χ1n) is 10.4. The Morgan fingerprint density at radius 3 is 2.18 bits per heavy atom. The van der Waals surface area contributed by atoms with Gasteiger partial charge in [-0.05, 0) is 59.8 Å². The van der Waals surface area contributed by atoms with E-state index in [0.29, 0.717) is 12.1 Å². The van der Waals surface area contributed by atoms with Gasteiger partial charge >= 0.3 is 0 Å². The van der Waals surface area contributed by atoms with E-state index in [4.69, 9.17) is 4.74 Å². The number of hydrogen-bond acceptors (Lipinski definition) is 4. The SMILES string of the molecule is CNC1=C(OC)C(=O)[C@@H](C)[C@H](C/C=C(\C)CC/C=C(\C)CCC=C(C)C)[C@@H]1O. The molecule has 0 fully saturated rings. The van der Waals surface area contributed by atoms with Crippen LogP contribution in [0.3, 0.4) is 0 Å². The normalized spacial score (nSPS) is 23.7. The molecule has 0 aromatic carbocycles. The summed E-state index contributed by atoms with van der Waals surface area (Å²) in [5.74, 6) is -0.176. The highest BCUT2D eigenvalue weighted by Gasteiger charge is 2.40.